The van der Waals surface area contributed by atoms with Gasteiger partial charge in [0.2, 0.25) is 0 Å². The number of nitrogens with one attached hydrogen (secondary N) is 1. The van der Waals surface area contributed by atoms with Crippen molar-refractivity contribution in [3.8, 4) is 18.2 Å². The molecule has 21 heavy (non-hydrogen) atoms. The highest BCUT2D eigenvalue weighted by Crippen LogP contribution is 2.36. The lowest BCUT2D eigenvalue weighted by Gasteiger charge is -2.23. The summed E-state index contributed by atoms with van der Waals surface area (Å²) in [6, 6.07) is 10.6. The molecule has 1 aliphatic heterocycles. The summed E-state index contributed by atoms with van der Waals surface area (Å²) >= 11 is 6.27. The number of halogens is 1. The largest absolute Gasteiger partial charge is 0.369 e. The molecule has 1 heterocycles. The predicted molar refractivity (Wildman–Crippen MR) is 80.4 cm³/mol. The summed E-state index contributed by atoms with van der Waals surface area (Å²) in [6.45, 7) is 1.79. The lowest BCUT2D eigenvalue weighted by atomic mass is 10.2. The highest BCUT2D eigenvalue weighted by molar-refractivity contribution is 6.34. The van der Waals surface area contributed by atoms with Crippen molar-refractivity contribution in [2.24, 2.45) is 0 Å². The first-order chi connectivity index (χ1) is 10.2. The number of anilines is 2. The predicted octanol–water partition coefficient (Wildman–Crippen LogP) is 3.18. The molecule has 0 spiro atoms. The fraction of sp³-hybridized carbons (Fsp3) is 0.267. The number of nitrogens with zero attached hydrogens (tertiary/aromatic N) is 4. The molecule has 1 aromatic carbocycles. The van der Waals surface area contributed by atoms with Crippen LogP contribution in [0.15, 0.2) is 29.5 Å². The zero-order valence-electron chi connectivity index (χ0n) is 11.2. The quantitative estimate of drug-likeness (QED) is 0.866. The van der Waals surface area contributed by atoms with Crippen molar-refractivity contribution in [1.29, 1.82) is 15.8 Å². The monoisotopic (exact) mass is 297 g/mol. The standard InChI is InChI=1S/C15H12ClN5/c16-12-4-3-5-13(15(12)21-6-1-2-7-21)20-14(10-19)11(8-17)9-18/h3-5,20H,1-2,6-7H2. The van der Waals surface area contributed by atoms with E-state index in [0.717, 1.165) is 31.6 Å². The molecule has 1 aliphatic rings. The average Bonchev–Trinajstić information content (AvgIpc) is 3.01. The van der Waals surface area contributed by atoms with E-state index in [1.807, 2.05) is 6.07 Å². The third-order valence-electron chi connectivity index (χ3n) is 3.25. The Labute approximate surface area is 128 Å². The molecular weight excluding hydrogens is 286 g/mol. The molecule has 6 heteroatoms. The molecule has 0 saturated carbocycles. The first kappa shape index (κ1) is 14.7. The molecule has 1 N–H and O–H groups in total. The van der Waals surface area contributed by atoms with E-state index in [4.69, 9.17) is 27.4 Å². The number of hydrogen-bond acceptors (Lipinski definition) is 5. The summed E-state index contributed by atoms with van der Waals surface area (Å²) in [5, 5.41) is 30.3. The Bertz CT molecular complexity index is 680. The second-order valence-electron chi connectivity index (χ2n) is 4.54. The van der Waals surface area contributed by atoms with Crippen molar-refractivity contribution < 1.29 is 0 Å². The molecule has 0 atom stereocenters. The van der Waals surface area contributed by atoms with Gasteiger partial charge >= 0.3 is 0 Å². The van der Waals surface area contributed by atoms with Crippen LogP contribution in [-0.4, -0.2) is 13.1 Å². The zero-order valence-corrected chi connectivity index (χ0v) is 12.0. The number of hydrogen-bond donors (Lipinski definition) is 1. The van der Waals surface area contributed by atoms with Crippen molar-refractivity contribution in [2.75, 3.05) is 23.3 Å². The number of para-hydroxylation sites is 1. The van der Waals surface area contributed by atoms with Gasteiger partial charge in [0.15, 0.2) is 5.57 Å². The van der Waals surface area contributed by atoms with E-state index in [1.54, 1.807) is 30.3 Å². The van der Waals surface area contributed by atoms with Gasteiger partial charge in [0.1, 0.15) is 23.9 Å². The van der Waals surface area contributed by atoms with Crippen molar-refractivity contribution in [3.63, 3.8) is 0 Å². The van der Waals surface area contributed by atoms with Crippen molar-refractivity contribution >= 4 is 23.0 Å². The lowest BCUT2D eigenvalue weighted by Crippen LogP contribution is -2.19. The fourth-order valence-electron chi connectivity index (χ4n) is 2.30. The van der Waals surface area contributed by atoms with Crippen molar-refractivity contribution in [1.82, 2.24) is 0 Å². The smallest absolute Gasteiger partial charge is 0.163 e. The summed E-state index contributed by atoms with van der Waals surface area (Å²) in [5.74, 6) is 0. The first-order valence-corrected chi connectivity index (χ1v) is 6.84. The van der Waals surface area contributed by atoms with E-state index in [2.05, 4.69) is 10.2 Å². The second-order valence-corrected chi connectivity index (χ2v) is 4.95. The molecule has 1 fully saturated rings. The Morgan fingerprint density at radius 1 is 1.10 bits per heavy atom. The zero-order chi connectivity index (χ0) is 15.2. The van der Waals surface area contributed by atoms with Gasteiger partial charge in [-0.3, -0.25) is 0 Å². The van der Waals surface area contributed by atoms with Gasteiger partial charge in [-0.25, -0.2) is 0 Å². The number of benzene rings is 1. The Morgan fingerprint density at radius 2 is 1.76 bits per heavy atom. The Kier molecular flexibility index (Phi) is 4.67. The highest BCUT2D eigenvalue weighted by atomic mass is 35.5. The van der Waals surface area contributed by atoms with Crippen LogP contribution in [-0.2, 0) is 0 Å². The maximum atomic E-state index is 9.13. The number of nitriles is 3. The van der Waals surface area contributed by atoms with Gasteiger partial charge in [0.05, 0.1) is 16.4 Å². The SMILES string of the molecule is N#CC(C#N)=C(C#N)Nc1cccc(Cl)c1N1CCCC1. The maximum absolute atomic E-state index is 9.13. The maximum Gasteiger partial charge on any atom is 0.163 e. The van der Waals surface area contributed by atoms with E-state index < -0.39 is 0 Å². The van der Waals surface area contributed by atoms with E-state index in [-0.39, 0.29) is 11.3 Å². The van der Waals surface area contributed by atoms with Crippen LogP contribution in [0.4, 0.5) is 11.4 Å². The normalized spacial score (nSPS) is 13.0. The van der Waals surface area contributed by atoms with E-state index in [0.29, 0.717) is 10.7 Å². The van der Waals surface area contributed by atoms with E-state index in [9.17, 15) is 0 Å². The average molecular weight is 298 g/mol. The van der Waals surface area contributed by atoms with Gasteiger partial charge in [-0.15, -0.1) is 0 Å². The molecule has 1 aromatic rings. The van der Waals surface area contributed by atoms with Crippen LogP contribution in [0.3, 0.4) is 0 Å². The molecule has 0 unspecified atom stereocenters. The molecule has 104 valence electrons. The minimum absolute atomic E-state index is 0.0669. The summed E-state index contributed by atoms with van der Waals surface area (Å²) < 4.78 is 0. The molecule has 0 radical (unpaired) electrons. The summed E-state index contributed by atoms with van der Waals surface area (Å²) in [4.78, 5) is 2.14. The summed E-state index contributed by atoms with van der Waals surface area (Å²) in [5.41, 5.74) is 1.12. The van der Waals surface area contributed by atoms with Gasteiger partial charge < -0.3 is 10.2 Å². The Morgan fingerprint density at radius 3 is 2.33 bits per heavy atom. The molecule has 1 saturated heterocycles. The minimum atomic E-state index is -0.246. The summed E-state index contributed by atoms with van der Waals surface area (Å²) in [6.07, 6.45) is 2.18. The third kappa shape index (κ3) is 3.08. The molecule has 0 bridgehead atoms. The summed E-state index contributed by atoms with van der Waals surface area (Å²) in [7, 11) is 0. The van der Waals surface area contributed by atoms with Crippen LogP contribution in [0.2, 0.25) is 5.02 Å². The number of allylic oxidation sites excluding steroid dienone is 2. The van der Waals surface area contributed by atoms with Crippen LogP contribution in [0.1, 0.15) is 12.8 Å². The van der Waals surface area contributed by atoms with Gasteiger partial charge in [-0.05, 0) is 25.0 Å². The molecular formula is C15H12ClN5. The minimum Gasteiger partial charge on any atom is -0.369 e. The van der Waals surface area contributed by atoms with Crippen LogP contribution in [0.25, 0.3) is 0 Å². The van der Waals surface area contributed by atoms with E-state index in [1.165, 1.54) is 0 Å². The Hall–Kier alpha value is -2.68. The lowest BCUT2D eigenvalue weighted by molar-refractivity contribution is 0.949. The van der Waals surface area contributed by atoms with E-state index >= 15 is 0 Å². The highest BCUT2D eigenvalue weighted by Gasteiger charge is 2.19. The van der Waals surface area contributed by atoms with Gasteiger partial charge in [-0.1, -0.05) is 17.7 Å². The van der Waals surface area contributed by atoms with Crippen LogP contribution < -0.4 is 10.2 Å². The molecule has 0 aliphatic carbocycles. The molecule has 5 nitrogen and oxygen atoms in total. The van der Waals surface area contributed by atoms with Crippen molar-refractivity contribution in [3.05, 3.63) is 34.5 Å². The molecule has 0 aromatic heterocycles. The van der Waals surface area contributed by atoms with Gasteiger partial charge in [0.25, 0.3) is 0 Å². The first-order valence-electron chi connectivity index (χ1n) is 6.46. The Balaban J connectivity index is 2.44. The third-order valence-corrected chi connectivity index (χ3v) is 3.56. The van der Waals surface area contributed by atoms with Gasteiger partial charge in [0, 0.05) is 13.1 Å². The fourth-order valence-corrected chi connectivity index (χ4v) is 2.59. The van der Waals surface area contributed by atoms with Crippen LogP contribution in [0, 0.1) is 34.0 Å². The molecule has 2 rings (SSSR count). The van der Waals surface area contributed by atoms with Crippen LogP contribution in [0.5, 0.6) is 0 Å². The number of rotatable bonds is 3. The van der Waals surface area contributed by atoms with Gasteiger partial charge in [-0.2, -0.15) is 15.8 Å². The second kappa shape index (κ2) is 6.66. The molecule has 0 amide bonds. The van der Waals surface area contributed by atoms with Crippen LogP contribution >= 0.6 is 11.6 Å². The topological polar surface area (TPSA) is 86.6 Å². The van der Waals surface area contributed by atoms with Crippen molar-refractivity contribution in [2.45, 2.75) is 12.8 Å².